The topological polar surface area (TPSA) is 77.1 Å². The second kappa shape index (κ2) is 6.92. The van der Waals surface area contributed by atoms with Crippen LogP contribution in [0.3, 0.4) is 0 Å². The molecule has 0 radical (unpaired) electrons. The van der Waals surface area contributed by atoms with Gasteiger partial charge in [0.1, 0.15) is 23.1 Å². The van der Waals surface area contributed by atoms with E-state index in [1.807, 2.05) is 60.7 Å². The Balaban J connectivity index is 1.73. The summed E-state index contributed by atoms with van der Waals surface area (Å²) in [5, 5.41) is 7.94. The van der Waals surface area contributed by atoms with Gasteiger partial charge in [-0.15, -0.1) is 0 Å². The molecular formula is C21H17N3O3. The van der Waals surface area contributed by atoms with Crippen molar-refractivity contribution in [3.63, 3.8) is 0 Å². The third-order valence-electron chi connectivity index (χ3n) is 4.33. The van der Waals surface area contributed by atoms with Crippen LogP contribution >= 0.6 is 0 Å². The monoisotopic (exact) mass is 359 g/mol. The van der Waals surface area contributed by atoms with Gasteiger partial charge < -0.3 is 9.73 Å². The fraction of sp³-hybridized carbons (Fsp3) is 0.0952. The first-order valence-electron chi connectivity index (χ1n) is 8.50. The Hall–Kier alpha value is -3.67. The fourth-order valence-corrected chi connectivity index (χ4v) is 2.94. The number of hydrogen-bond donors (Lipinski definition) is 1. The van der Waals surface area contributed by atoms with Crippen molar-refractivity contribution < 1.29 is 9.21 Å². The third kappa shape index (κ3) is 3.37. The van der Waals surface area contributed by atoms with E-state index < -0.39 is 6.04 Å². The molecule has 2 aromatic heterocycles. The molecule has 1 unspecified atom stereocenters. The van der Waals surface area contributed by atoms with E-state index in [1.165, 1.54) is 19.2 Å². The summed E-state index contributed by atoms with van der Waals surface area (Å²) >= 11 is 0. The minimum atomic E-state index is -0.481. The zero-order chi connectivity index (χ0) is 18.8. The maximum Gasteiger partial charge on any atom is 0.272 e. The largest absolute Gasteiger partial charge is 0.459 e. The van der Waals surface area contributed by atoms with Crippen LogP contribution in [-0.2, 0) is 7.05 Å². The molecule has 0 saturated heterocycles. The smallest absolute Gasteiger partial charge is 0.272 e. The highest BCUT2D eigenvalue weighted by Gasteiger charge is 2.22. The van der Waals surface area contributed by atoms with Crippen LogP contribution in [0.15, 0.2) is 82.0 Å². The number of carbonyl (C=O) groups is 1. The predicted octanol–water partition coefficient (Wildman–Crippen LogP) is 3.05. The maximum atomic E-state index is 12.7. The van der Waals surface area contributed by atoms with Crippen LogP contribution in [0.4, 0.5) is 0 Å². The van der Waals surface area contributed by atoms with E-state index in [4.69, 9.17) is 4.42 Å². The van der Waals surface area contributed by atoms with Crippen LogP contribution < -0.4 is 10.9 Å². The number of nitrogens with zero attached hydrogens (tertiary/aromatic N) is 2. The molecular weight excluding hydrogens is 342 g/mol. The van der Waals surface area contributed by atoms with Crippen molar-refractivity contribution in [2.24, 2.45) is 7.05 Å². The quantitative estimate of drug-likeness (QED) is 0.608. The number of carbonyl (C=O) groups excluding carboxylic acids is 1. The first-order chi connectivity index (χ1) is 13.1. The van der Waals surface area contributed by atoms with Gasteiger partial charge in [-0.2, -0.15) is 5.10 Å². The van der Waals surface area contributed by atoms with Gasteiger partial charge in [-0.05, 0) is 23.8 Å². The Morgan fingerprint density at radius 2 is 1.78 bits per heavy atom. The lowest BCUT2D eigenvalue weighted by atomic mass is 10.0. The molecule has 134 valence electrons. The van der Waals surface area contributed by atoms with E-state index in [9.17, 15) is 9.59 Å². The maximum absolute atomic E-state index is 12.7. The van der Waals surface area contributed by atoms with E-state index >= 15 is 0 Å². The summed E-state index contributed by atoms with van der Waals surface area (Å²) in [5.74, 6) is 0.237. The van der Waals surface area contributed by atoms with Crippen LogP contribution in [0, 0.1) is 0 Å². The normalized spacial score (nSPS) is 12.0. The number of aromatic nitrogens is 2. The van der Waals surface area contributed by atoms with E-state index in [1.54, 1.807) is 0 Å². The minimum absolute atomic E-state index is 0.161. The molecule has 2 aromatic carbocycles. The Morgan fingerprint density at radius 3 is 2.52 bits per heavy atom. The highest BCUT2D eigenvalue weighted by molar-refractivity contribution is 5.92. The van der Waals surface area contributed by atoms with Gasteiger partial charge in [-0.25, -0.2) is 4.68 Å². The summed E-state index contributed by atoms with van der Waals surface area (Å²) in [6.07, 6.45) is 0. The molecule has 1 N–H and O–H groups in total. The van der Waals surface area contributed by atoms with Gasteiger partial charge in [0.25, 0.3) is 11.5 Å². The van der Waals surface area contributed by atoms with Crippen molar-refractivity contribution in [1.29, 1.82) is 0 Å². The number of para-hydroxylation sites is 1. The zero-order valence-electron chi connectivity index (χ0n) is 14.6. The second-order valence-electron chi connectivity index (χ2n) is 6.18. The first-order valence-corrected chi connectivity index (χ1v) is 8.50. The van der Waals surface area contributed by atoms with Crippen LogP contribution in [0.5, 0.6) is 0 Å². The summed E-state index contributed by atoms with van der Waals surface area (Å²) in [6, 6.07) is 21.4. The Kier molecular flexibility index (Phi) is 4.30. The van der Waals surface area contributed by atoms with Gasteiger partial charge in [0, 0.05) is 18.5 Å². The molecule has 27 heavy (non-hydrogen) atoms. The number of nitrogens with one attached hydrogen (secondary N) is 1. The summed E-state index contributed by atoms with van der Waals surface area (Å²) in [4.78, 5) is 24.3. The highest BCUT2D eigenvalue weighted by atomic mass is 16.3. The number of amides is 1. The molecule has 2 heterocycles. The Labute approximate surface area is 155 Å². The summed E-state index contributed by atoms with van der Waals surface area (Å²) < 4.78 is 7.11. The van der Waals surface area contributed by atoms with Gasteiger partial charge in [0.15, 0.2) is 0 Å². The highest BCUT2D eigenvalue weighted by Crippen LogP contribution is 2.28. The molecule has 0 aliphatic rings. The summed E-state index contributed by atoms with van der Waals surface area (Å²) in [6.45, 7) is 0. The molecule has 0 bridgehead atoms. The van der Waals surface area contributed by atoms with Gasteiger partial charge in [0.05, 0.1) is 0 Å². The lowest BCUT2D eigenvalue weighted by Crippen LogP contribution is -2.31. The zero-order valence-corrected chi connectivity index (χ0v) is 14.6. The molecule has 6 nitrogen and oxygen atoms in total. The third-order valence-corrected chi connectivity index (χ3v) is 4.33. The molecule has 0 aliphatic heterocycles. The lowest BCUT2D eigenvalue weighted by molar-refractivity contribution is 0.0932. The van der Waals surface area contributed by atoms with Crippen molar-refractivity contribution in [2.45, 2.75) is 6.04 Å². The van der Waals surface area contributed by atoms with Crippen LogP contribution in [0.1, 0.15) is 27.9 Å². The number of hydrogen-bond acceptors (Lipinski definition) is 4. The molecule has 0 fully saturated rings. The molecule has 0 saturated carbocycles. The number of furan rings is 1. The van der Waals surface area contributed by atoms with Crippen LogP contribution in [-0.4, -0.2) is 15.7 Å². The van der Waals surface area contributed by atoms with E-state index in [0.29, 0.717) is 5.76 Å². The van der Waals surface area contributed by atoms with Gasteiger partial charge in [-0.1, -0.05) is 48.5 Å². The minimum Gasteiger partial charge on any atom is -0.459 e. The molecule has 4 rings (SSSR count). The van der Waals surface area contributed by atoms with Crippen LogP contribution in [0.2, 0.25) is 0 Å². The number of aryl methyl sites for hydroxylation is 1. The van der Waals surface area contributed by atoms with E-state index in [-0.39, 0.29) is 17.2 Å². The van der Waals surface area contributed by atoms with Gasteiger partial charge in [-0.3, -0.25) is 9.59 Å². The Bertz CT molecular complexity index is 1130. The van der Waals surface area contributed by atoms with Crippen molar-refractivity contribution in [3.05, 3.63) is 100 Å². The van der Waals surface area contributed by atoms with Crippen molar-refractivity contribution in [3.8, 4) is 0 Å². The Morgan fingerprint density at radius 1 is 1.04 bits per heavy atom. The molecule has 6 heteroatoms. The number of fused-ring (bicyclic) bond motifs is 1. The standard InChI is InChI=1S/C21H17N3O3/c1-24-19(25)12-11-16(23-24)21(26)22-20(14-7-3-2-4-8-14)18-13-15-9-5-6-10-17(15)27-18/h2-13,20H,1H3,(H,22,26). The lowest BCUT2D eigenvalue weighted by Gasteiger charge is -2.17. The molecule has 0 aliphatic carbocycles. The number of benzene rings is 2. The first kappa shape index (κ1) is 16.8. The van der Waals surface area contributed by atoms with Crippen molar-refractivity contribution >= 4 is 16.9 Å². The second-order valence-corrected chi connectivity index (χ2v) is 6.18. The molecule has 4 aromatic rings. The van der Waals surface area contributed by atoms with Crippen LogP contribution in [0.25, 0.3) is 11.0 Å². The van der Waals surface area contributed by atoms with E-state index in [2.05, 4.69) is 10.4 Å². The van der Waals surface area contributed by atoms with Gasteiger partial charge in [0.2, 0.25) is 0 Å². The molecule has 1 atom stereocenters. The van der Waals surface area contributed by atoms with E-state index in [0.717, 1.165) is 21.2 Å². The average Bonchev–Trinajstić information content (AvgIpc) is 3.12. The molecule has 1 amide bonds. The summed E-state index contributed by atoms with van der Waals surface area (Å²) in [7, 11) is 1.51. The molecule has 0 spiro atoms. The predicted molar refractivity (Wildman–Crippen MR) is 101 cm³/mol. The van der Waals surface area contributed by atoms with Crippen molar-refractivity contribution in [1.82, 2.24) is 15.1 Å². The number of rotatable bonds is 4. The fourth-order valence-electron chi connectivity index (χ4n) is 2.94. The average molecular weight is 359 g/mol. The SMILES string of the molecule is Cn1nc(C(=O)NC(c2ccccc2)c2cc3ccccc3o2)ccc1=O. The summed E-state index contributed by atoms with van der Waals surface area (Å²) in [5.41, 5.74) is 1.52. The van der Waals surface area contributed by atoms with Gasteiger partial charge >= 0.3 is 0 Å². The van der Waals surface area contributed by atoms with Crippen molar-refractivity contribution in [2.75, 3.05) is 0 Å².